The summed E-state index contributed by atoms with van der Waals surface area (Å²) in [5.41, 5.74) is 5.38. The van der Waals surface area contributed by atoms with E-state index in [1.54, 1.807) is 0 Å². The minimum Gasteiger partial charge on any atom is -0.374 e. The lowest BCUT2D eigenvalue weighted by atomic mass is 10.4. The monoisotopic (exact) mass is 165 g/mol. The van der Waals surface area contributed by atoms with E-state index in [0.717, 1.165) is 5.01 Å². The summed E-state index contributed by atoms with van der Waals surface area (Å²) in [5.74, 6) is 6.64. The quantitative estimate of drug-likeness (QED) is 0.581. The Kier molecular flexibility index (Phi) is 1.51. The van der Waals surface area contributed by atoms with E-state index in [2.05, 4.69) is 22.0 Å². The first-order valence-corrected chi connectivity index (χ1v) is 4.27. The lowest BCUT2D eigenvalue weighted by Crippen LogP contribution is -1.79. The molecule has 0 aromatic carbocycles. The summed E-state index contributed by atoms with van der Waals surface area (Å²) in [4.78, 5) is 0. The minimum atomic E-state index is 0.491. The summed E-state index contributed by atoms with van der Waals surface area (Å²) in [6, 6.07) is 0. The third-order valence-corrected chi connectivity index (χ3v) is 2.07. The van der Waals surface area contributed by atoms with Crippen LogP contribution in [0.4, 0.5) is 5.13 Å². The van der Waals surface area contributed by atoms with E-state index < -0.39 is 0 Å². The highest BCUT2D eigenvalue weighted by atomic mass is 32.1. The first-order chi connectivity index (χ1) is 5.34. The topological polar surface area (TPSA) is 51.8 Å². The SMILES string of the molecule is Nc1nnc(C#CC2CC2)s1. The Labute approximate surface area is 68.6 Å². The fraction of sp³-hybridized carbons (Fsp3) is 0.429. The van der Waals surface area contributed by atoms with Gasteiger partial charge in [0.1, 0.15) is 0 Å². The normalized spacial score (nSPS) is 15.6. The fourth-order valence-electron chi connectivity index (χ4n) is 0.677. The van der Waals surface area contributed by atoms with Crippen LogP contribution in [-0.4, -0.2) is 10.2 Å². The van der Waals surface area contributed by atoms with Crippen LogP contribution in [0.25, 0.3) is 0 Å². The molecule has 0 atom stereocenters. The van der Waals surface area contributed by atoms with Gasteiger partial charge in [-0.05, 0) is 18.8 Å². The van der Waals surface area contributed by atoms with Gasteiger partial charge in [0.15, 0.2) is 5.01 Å². The molecule has 1 fully saturated rings. The van der Waals surface area contributed by atoms with E-state index in [-0.39, 0.29) is 0 Å². The molecule has 0 amide bonds. The van der Waals surface area contributed by atoms with Crippen LogP contribution in [0.3, 0.4) is 0 Å². The van der Waals surface area contributed by atoms with E-state index in [0.29, 0.717) is 11.0 Å². The zero-order valence-electron chi connectivity index (χ0n) is 5.87. The van der Waals surface area contributed by atoms with Gasteiger partial charge in [0.05, 0.1) is 0 Å². The molecule has 0 unspecified atom stereocenters. The van der Waals surface area contributed by atoms with Crippen molar-refractivity contribution in [3.05, 3.63) is 5.01 Å². The third-order valence-electron chi connectivity index (χ3n) is 1.40. The van der Waals surface area contributed by atoms with Gasteiger partial charge in [0.25, 0.3) is 0 Å². The Morgan fingerprint density at radius 3 is 2.82 bits per heavy atom. The van der Waals surface area contributed by atoms with Gasteiger partial charge in [-0.25, -0.2) is 0 Å². The van der Waals surface area contributed by atoms with E-state index in [1.165, 1.54) is 24.2 Å². The van der Waals surface area contributed by atoms with Crippen molar-refractivity contribution in [1.29, 1.82) is 0 Å². The van der Waals surface area contributed by atoms with E-state index >= 15 is 0 Å². The molecule has 0 saturated heterocycles. The van der Waals surface area contributed by atoms with Crippen molar-refractivity contribution in [3.63, 3.8) is 0 Å². The number of rotatable bonds is 0. The first kappa shape index (κ1) is 6.62. The van der Waals surface area contributed by atoms with Crippen molar-refractivity contribution in [2.45, 2.75) is 12.8 Å². The molecule has 11 heavy (non-hydrogen) atoms. The van der Waals surface area contributed by atoms with Crippen molar-refractivity contribution in [2.24, 2.45) is 5.92 Å². The minimum absolute atomic E-state index is 0.491. The van der Waals surface area contributed by atoms with E-state index in [1.807, 2.05) is 0 Å². The molecule has 1 heterocycles. The van der Waals surface area contributed by atoms with E-state index in [4.69, 9.17) is 5.73 Å². The van der Waals surface area contributed by atoms with Gasteiger partial charge in [0, 0.05) is 5.92 Å². The molecule has 2 rings (SSSR count). The molecule has 1 saturated carbocycles. The Balaban J connectivity index is 2.12. The summed E-state index contributed by atoms with van der Waals surface area (Å²) in [6.07, 6.45) is 2.47. The number of nitrogen functional groups attached to an aromatic ring is 1. The molecule has 0 radical (unpaired) electrons. The predicted molar refractivity (Wildman–Crippen MR) is 43.9 cm³/mol. The highest BCUT2D eigenvalue weighted by Gasteiger charge is 2.17. The van der Waals surface area contributed by atoms with Crippen molar-refractivity contribution in [2.75, 3.05) is 5.73 Å². The Morgan fingerprint density at radius 1 is 1.45 bits per heavy atom. The van der Waals surface area contributed by atoms with Crippen LogP contribution in [0, 0.1) is 17.8 Å². The Hall–Kier alpha value is -1.08. The maximum Gasteiger partial charge on any atom is 0.203 e. The van der Waals surface area contributed by atoms with Gasteiger partial charge in [0.2, 0.25) is 5.13 Å². The highest BCUT2D eigenvalue weighted by molar-refractivity contribution is 7.15. The zero-order valence-corrected chi connectivity index (χ0v) is 6.69. The molecular formula is C7H7N3S. The van der Waals surface area contributed by atoms with Crippen molar-refractivity contribution >= 4 is 16.5 Å². The number of anilines is 1. The highest BCUT2D eigenvalue weighted by Crippen LogP contribution is 2.27. The molecule has 1 aliphatic carbocycles. The lowest BCUT2D eigenvalue weighted by Gasteiger charge is -1.72. The second kappa shape index (κ2) is 2.51. The molecule has 1 aromatic heterocycles. The third kappa shape index (κ3) is 1.69. The number of aromatic nitrogens is 2. The Bertz CT molecular complexity index is 316. The molecule has 1 aromatic rings. The summed E-state index contributed by atoms with van der Waals surface area (Å²) < 4.78 is 0. The van der Waals surface area contributed by atoms with Gasteiger partial charge < -0.3 is 5.73 Å². The van der Waals surface area contributed by atoms with Crippen molar-refractivity contribution < 1.29 is 0 Å². The first-order valence-electron chi connectivity index (χ1n) is 3.45. The van der Waals surface area contributed by atoms with Gasteiger partial charge in [-0.3, -0.25) is 0 Å². The molecule has 4 heteroatoms. The number of nitrogens with zero attached hydrogens (tertiary/aromatic N) is 2. The molecule has 1 aliphatic rings. The van der Waals surface area contributed by atoms with Crippen molar-refractivity contribution in [1.82, 2.24) is 10.2 Å². The van der Waals surface area contributed by atoms with Crippen LogP contribution in [0.1, 0.15) is 17.8 Å². The predicted octanol–water partition coefficient (Wildman–Crippen LogP) is 0.882. The standard InChI is InChI=1S/C7H7N3S/c8-7-10-9-6(11-7)4-3-5-1-2-5/h5H,1-2H2,(H2,8,10). The molecule has 3 nitrogen and oxygen atoms in total. The fourth-order valence-corrected chi connectivity index (χ4v) is 1.15. The summed E-state index contributed by atoms with van der Waals surface area (Å²) >= 11 is 1.34. The van der Waals surface area contributed by atoms with Gasteiger partial charge in [-0.1, -0.05) is 17.3 Å². The second-order valence-corrected chi connectivity index (χ2v) is 3.50. The maximum absolute atomic E-state index is 5.38. The van der Waals surface area contributed by atoms with Crippen LogP contribution < -0.4 is 5.73 Å². The average molecular weight is 165 g/mol. The zero-order chi connectivity index (χ0) is 7.68. The maximum atomic E-state index is 5.38. The number of nitrogens with two attached hydrogens (primary N) is 1. The van der Waals surface area contributed by atoms with Crippen LogP contribution >= 0.6 is 11.3 Å². The van der Waals surface area contributed by atoms with Gasteiger partial charge in [-0.2, -0.15) is 0 Å². The second-order valence-electron chi connectivity index (χ2n) is 2.49. The molecule has 0 bridgehead atoms. The van der Waals surface area contributed by atoms with Gasteiger partial charge in [-0.15, -0.1) is 10.2 Å². The van der Waals surface area contributed by atoms with Crippen molar-refractivity contribution in [3.8, 4) is 11.8 Å². The molecule has 0 spiro atoms. The number of hydrogen-bond donors (Lipinski definition) is 1. The summed E-state index contributed by atoms with van der Waals surface area (Å²) in [5, 5.41) is 8.67. The Morgan fingerprint density at radius 2 is 2.27 bits per heavy atom. The smallest absolute Gasteiger partial charge is 0.203 e. The largest absolute Gasteiger partial charge is 0.374 e. The number of hydrogen-bond acceptors (Lipinski definition) is 4. The average Bonchev–Trinajstić information content (AvgIpc) is 2.72. The van der Waals surface area contributed by atoms with Crippen LogP contribution in [0.2, 0.25) is 0 Å². The van der Waals surface area contributed by atoms with Crippen LogP contribution in [-0.2, 0) is 0 Å². The lowest BCUT2D eigenvalue weighted by molar-refractivity contribution is 1.08. The van der Waals surface area contributed by atoms with Gasteiger partial charge >= 0.3 is 0 Å². The summed E-state index contributed by atoms with van der Waals surface area (Å²) in [7, 11) is 0. The summed E-state index contributed by atoms with van der Waals surface area (Å²) in [6.45, 7) is 0. The van der Waals surface area contributed by atoms with E-state index in [9.17, 15) is 0 Å². The molecule has 56 valence electrons. The van der Waals surface area contributed by atoms with Crippen LogP contribution in [0.5, 0.6) is 0 Å². The van der Waals surface area contributed by atoms with Crippen LogP contribution in [0.15, 0.2) is 0 Å². The molecular weight excluding hydrogens is 158 g/mol. The molecule has 0 aliphatic heterocycles. The molecule has 2 N–H and O–H groups in total.